The van der Waals surface area contributed by atoms with Gasteiger partial charge in [-0.2, -0.15) is 5.26 Å². The van der Waals surface area contributed by atoms with Crippen LogP contribution in [0.25, 0.3) is 0 Å². The maximum atomic E-state index is 8.67. The molecule has 1 rings (SSSR count). The average Bonchev–Trinajstić information content (AvgIpc) is 2.13. The molecule has 0 aromatic rings. The highest BCUT2D eigenvalue weighted by Crippen LogP contribution is 2.23. The van der Waals surface area contributed by atoms with Crippen LogP contribution in [0.3, 0.4) is 0 Å². The van der Waals surface area contributed by atoms with E-state index in [0.717, 1.165) is 15.4 Å². The third-order valence-corrected chi connectivity index (χ3v) is 2.50. The van der Waals surface area contributed by atoms with Crippen molar-refractivity contribution in [3.05, 3.63) is 32.8 Å². The normalized spacial score (nSPS) is 17.4. The Kier molecular flexibility index (Phi) is 3.10. The predicted octanol–water partition coefficient (Wildman–Crippen LogP) is 3.40. The second-order valence-corrected chi connectivity index (χ2v) is 3.94. The molecule has 0 spiro atoms. The zero-order valence-electron chi connectivity index (χ0n) is 5.64. The highest BCUT2D eigenvalue weighted by Gasteiger charge is 2.02. The SMILES string of the molecule is N#CC1=C(Br)C=CCC(Br)=C1. The van der Waals surface area contributed by atoms with Gasteiger partial charge in [-0.15, -0.1) is 0 Å². The number of nitriles is 1. The van der Waals surface area contributed by atoms with Crippen molar-refractivity contribution < 1.29 is 0 Å². The molecule has 0 aliphatic heterocycles. The summed E-state index contributed by atoms with van der Waals surface area (Å²) >= 11 is 6.65. The monoisotopic (exact) mass is 273 g/mol. The van der Waals surface area contributed by atoms with Crippen molar-refractivity contribution in [3.8, 4) is 6.07 Å². The van der Waals surface area contributed by atoms with E-state index >= 15 is 0 Å². The van der Waals surface area contributed by atoms with Gasteiger partial charge < -0.3 is 0 Å². The smallest absolute Gasteiger partial charge is 0.100 e. The van der Waals surface area contributed by atoms with Gasteiger partial charge in [-0.05, 0) is 28.4 Å². The fraction of sp³-hybridized carbons (Fsp3) is 0.125. The molecule has 0 unspecified atom stereocenters. The molecule has 0 fully saturated rings. The summed E-state index contributed by atoms with van der Waals surface area (Å²) in [5.74, 6) is 0. The third kappa shape index (κ3) is 2.32. The predicted molar refractivity (Wildman–Crippen MR) is 52.3 cm³/mol. The van der Waals surface area contributed by atoms with Crippen molar-refractivity contribution in [2.24, 2.45) is 0 Å². The first-order valence-electron chi connectivity index (χ1n) is 3.06. The molecule has 11 heavy (non-hydrogen) atoms. The van der Waals surface area contributed by atoms with E-state index in [4.69, 9.17) is 5.26 Å². The van der Waals surface area contributed by atoms with E-state index in [2.05, 4.69) is 37.9 Å². The van der Waals surface area contributed by atoms with Gasteiger partial charge in [-0.25, -0.2) is 0 Å². The summed E-state index contributed by atoms with van der Waals surface area (Å²) in [6.45, 7) is 0. The molecule has 0 atom stereocenters. The second kappa shape index (κ2) is 3.89. The summed E-state index contributed by atoms with van der Waals surface area (Å²) < 4.78 is 1.87. The van der Waals surface area contributed by atoms with Gasteiger partial charge in [-0.3, -0.25) is 0 Å². The van der Waals surface area contributed by atoms with Crippen LogP contribution in [0.4, 0.5) is 0 Å². The number of hydrogen-bond donors (Lipinski definition) is 0. The number of allylic oxidation sites excluding steroid dienone is 6. The van der Waals surface area contributed by atoms with E-state index in [9.17, 15) is 0 Å². The van der Waals surface area contributed by atoms with E-state index < -0.39 is 0 Å². The molecule has 56 valence electrons. The van der Waals surface area contributed by atoms with Gasteiger partial charge in [0.2, 0.25) is 0 Å². The quantitative estimate of drug-likeness (QED) is 0.664. The van der Waals surface area contributed by atoms with Crippen LogP contribution in [0.2, 0.25) is 0 Å². The minimum Gasteiger partial charge on any atom is -0.192 e. The van der Waals surface area contributed by atoms with Crippen molar-refractivity contribution >= 4 is 31.9 Å². The van der Waals surface area contributed by atoms with E-state index in [1.807, 2.05) is 18.2 Å². The van der Waals surface area contributed by atoms with E-state index in [1.54, 1.807) is 0 Å². The average molecular weight is 275 g/mol. The molecule has 0 saturated heterocycles. The Hall–Kier alpha value is -0.330. The van der Waals surface area contributed by atoms with E-state index in [0.29, 0.717) is 5.57 Å². The Morgan fingerprint density at radius 2 is 2.18 bits per heavy atom. The van der Waals surface area contributed by atoms with Crippen LogP contribution in [0.1, 0.15) is 6.42 Å². The summed E-state index contributed by atoms with van der Waals surface area (Å²) in [6.07, 6.45) is 6.56. The lowest BCUT2D eigenvalue weighted by atomic mass is 10.2. The standard InChI is InChI=1S/C8H5Br2N/c9-7-2-1-3-8(10)6(4-7)5-11/h1,3-4H,2H2. The van der Waals surface area contributed by atoms with Crippen LogP contribution in [0.15, 0.2) is 32.8 Å². The molecular weight excluding hydrogens is 270 g/mol. The van der Waals surface area contributed by atoms with Crippen LogP contribution < -0.4 is 0 Å². The summed E-state index contributed by atoms with van der Waals surface area (Å²) in [4.78, 5) is 0. The van der Waals surface area contributed by atoms with Crippen LogP contribution >= 0.6 is 31.9 Å². The van der Waals surface area contributed by atoms with Crippen molar-refractivity contribution in [2.45, 2.75) is 6.42 Å². The highest BCUT2D eigenvalue weighted by molar-refractivity contribution is 9.12. The van der Waals surface area contributed by atoms with Gasteiger partial charge in [0.25, 0.3) is 0 Å². The van der Waals surface area contributed by atoms with Crippen LogP contribution in [0.5, 0.6) is 0 Å². The number of rotatable bonds is 0. The van der Waals surface area contributed by atoms with E-state index in [-0.39, 0.29) is 0 Å². The molecule has 0 radical (unpaired) electrons. The van der Waals surface area contributed by atoms with Gasteiger partial charge >= 0.3 is 0 Å². The fourth-order valence-electron chi connectivity index (χ4n) is 0.735. The second-order valence-electron chi connectivity index (χ2n) is 2.07. The van der Waals surface area contributed by atoms with Crippen molar-refractivity contribution in [1.29, 1.82) is 5.26 Å². The summed E-state index contributed by atoms with van der Waals surface area (Å²) in [6, 6.07) is 2.10. The van der Waals surface area contributed by atoms with Crippen molar-refractivity contribution in [3.63, 3.8) is 0 Å². The lowest BCUT2D eigenvalue weighted by Crippen LogP contribution is -1.73. The molecule has 0 heterocycles. The van der Waals surface area contributed by atoms with Gasteiger partial charge in [-0.1, -0.05) is 28.1 Å². The molecule has 1 aliphatic carbocycles. The van der Waals surface area contributed by atoms with Gasteiger partial charge in [0, 0.05) is 8.96 Å². The first-order chi connectivity index (χ1) is 5.24. The zero-order chi connectivity index (χ0) is 8.27. The molecule has 0 N–H and O–H groups in total. The molecule has 0 saturated carbocycles. The molecule has 1 nitrogen and oxygen atoms in total. The minimum atomic E-state index is 0.658. The van der Waals surface area contributed by atoms with Gasteiger partial charge in [0.05, 0.1) is 5.57 Å². The van der Waals surface area contributed by atoms with E-state index in [1.165, 1.54) is 0 Å². The van der Waals surface area contributed by atoms with Crippen LogP contribution in [0, 0.1) is 11.3 Å². The van der Waals surface area contributed by atoms with Crippen LogP contribution in [-0.2, 0) is 0 Å². The van der Waals surface area contributed by atoms with Crippen LogP contribution in [-0.4, -0.2) is 0 Å². The highest BCUT2D eigenvalue weighted by atomic mass is 79.9. The molecule has 3 heteroatoms. The zero-order valence-corrected chi connectivity index (χ0v) is 8.81. The van der Waals surface area contributed by atoms with Crippen molar-refractivity contribution in [2.75, 3.05) is 0 Å². The first kappa shape index (κ1) is 8.76. The number of nitrogens with zero attached hydrogens (tertiary/aromatic N) is 1. The maximum Gasteiger partial charge on any atom is 0.100 e. The lowest BCUT2D eigenvalue weighted by molar-refractivity contribution is 1.38. The van der Waals surface area contributed by atoms with Gasteiger partial charge in [0.15, 0.2) is 0 Å². The van der Waals surface area contributed by atoms with Gasteiger partial charge in [0.1, 0.15) is 6.07 Å². The molecular formula is C8H5Br2N. The Labute approximate surface area is 82.3 Å². The summed E-state index contributed by atoms with van der Waals surface area (Å²) in [5, 5.41) is 8.67. The molecule has 0 amide bonds. The third-order valence-electron chi connectivity index (χ3n) is 1.26. The largest absolute Gasteiger partial charge is 0.192 e. The lowest BCUT2D eigenvalue weighted by Gasteiger charge is -1.89. The minimum absolute atomic E-state index is 0.658. The number of halogens is 2. The Balaban J connectivity index is 3.10. The molecule has 1 aliphatic rings. The molecule has 0 aromatic carbocycles. The summed E-state index contributed by atoms with van der Waals surface area (Å²) in [7, 11) is 0. The topological polar surface area (TPSA) is 23.8 Å². The fourth-order valence-corrected chi connectivity index (χ4v) is 1.54. The molecule has 0 bridgehead atoms. The maximum absolute atomic E-state index is 8.67. The Morgan fingerprint density at radius 3 is 2.82 bits per heavy atom. The number of hydrogen-bond acceptors (Lipinski definition) is 1. The van der Waals surface area contributed by atoms with Crippen molar-refractivity contribution in [1.82, 2.24) is 0 Å². The summed E-state index contributed by atoms with van der Waals surface area (Å²) in [5.41, 5.74) is 0.658. The Bertz CT molecular complexity index is 292. The molecule has 0 aromatic heterocycles. The Morgan fingerprint density at radius 1 is 1.45 bits per heavy atom. The first-order valence-corrected chi connectivity index (χ1v) is 4.65.